The second-order valence-corrected chi connectivity index (χ2v) is 7.25. The van der Waals surface area contributed by atoms with Crippen molar-refractivity contribution in [1.29, 1.82) is 0 Å². The average molecular weight is 340 g/mol. The number of hydrogen-bond acceptors (Lipinski definition) is 7. The van der Waals surface area contributed by atoms with Gasteiger partial charge in [0.25, 0.3) is 0 Å². The summed E-state index contributed by atoms with van der Waals surface area (Å²) in [4.78, 5) is 7.23. The molecule has 2 aliphatic rings. The van der Waals surface area contributed by atoms with E-state index < -0.39 is 0 Å². The van der Waals surface area contributed by atoms with Gasteiger partial charge in [-0.15, -0.1) is 0 Å². The van der Waals surface area contributed by atoms with Crippen LogP contribution in [0.2, 0.25) is 0 Å². The smallest absolute Gasteiger partial charge is 0.202 e. The molecule has 2 heterocycles. The molecule has 0 radical (unpaired) electrons. The molecule has 3 rings (SSSR count). The minimum atomic E-state index is 0.264. The van der Waals surface area contributed by atoms with Crippen molar-refractivity contribution in [3.63, 3.8) is 0 Å². The molecule has 23 heavy (non-hydrogen) atoms. The third-order valence-corrected chi connectivity index (χ3v) is 5.74. The van der Waals surface area contributed by atoms with Crippen LogP contribution in [0.4, 0.5) is 5.13 Å². The van der Waals surface area contributed by atoms with Gasteiger partial charge < -0.3 is 14.8 Å². The number of nitrogens with zero attached hydrogens (tertiary/aromatic N) is 3. The van der Waals surface area contributed by atoms with Crippen molar-refractivity contribution in [1.82, 2.24) is 14.3 Å². The lowest BCUT2D eigenvalue weighted by Gasteiger charge is -2.48. The Hall–Kier alpha value is -0.760. The molecule has 7 heteroatoms. The van der Waals surface area contributed by atoms with Crippen LogP contribution in [0.5, 0.6) is 0 Å². The highest BCUT2D eigenvalue weighted by atomic mass is 32.1. The second-order valence-electron chi connectivity index (χ2n) is 6.50. The quantitative estimate of drug-likeness (QED) is 0.821. The Bertz CT molecular complexity index is 470. The first kappa shape index (κ1) is 17.1. The molecule has 0 unspecified atom stereocenters. The molecule has 2 fully saturated rings. The Kier molecular flexibility index (Phi) is 6.21. The van der Waals surface area contributed by atoms with Gasteiger partial charge in [0.1, 0.15) is 5.82 Å². The zero-order valence-electron chi connectivity index (χ0n) is 14.1. The summed E-state index contributed by atoms with van der Waals surface area (Å²) in [5, 5.41) is 4.51. The van der Waals surface area contributed by atoms with Gasteiger partial charge in [0.15, 0.2) is 0 Å². The van der Waals surface area contributed by atoms with E-state index >= 15 is 0 Å². The van der Waals surface area contributed by atoms with E-state index in [1.54, 1.807) is 7.11 Å². The maximum absolute atomic E-state index is 5.54. The number of nitrogens with one attached hydrogen (secondary N) is 1. The predicted molar refractivity (Wildman–Crippen MR) is 92.2 cm³/mol. The van der Waals surface area contributed by atoms with Crippen molar-refractivity contribution in [3.05, 3.63) is 5.82 Å². The molecule has 1 aliphatic heterocycles. The van der Waals surface area contributed by atoms with E-state index in [0.717, 1.165) is 50.2 Å². The van der Waals surface area contributed by atoms with Gasteiger partial charge in [-0.1, -0.05) is 19.3 Å². The van der Waals surface area contributed by atoms with E-state index in [1.165, 1.54) is 43.6 Å². The fourth-order valence-electron chi connectivity index (χ4n) is 3.71. The molecule has 1 saturated carbocycles. The number of methoxy groups -OCH3 is 1. The highest BCUT2D eigenvalue weighted by Gasteiger charge is 2.38. The van der Waals surface area contributed by atoms with Crippen molar-refractivity contribution >= 4 is 16.7 Å². The lowest BCUT2D eigenvalue weighted by molar-refractivity contribution is -0.0318. The molecule has 0 amide bonds. The number of aromatic nitrogens is 2. The minimum absolute atomic E-state index is 0.264. The fourth-order valence-corrected chi connectivity index (χ4v) is 4.32. The predicted octanol–water partition coefficient (Wildman–Crippen LogP) is 2.17. The summed E-state index contributed by atoms with van der Waals surface area (Å²) in [5.41, 5.74) is 0.264. The van der Waals surface area contributed by atoms with Crippen LogP contribution in [0.15, 0.2) is 0 Å². The summed E-state index contributed by atoms with van der Waals surface area (Å²) in [6.45, 7) is 5.47. The first-order valence-corrected chi connectivity index (χ1v) is 9.48. The van der Waals surface area contributed by atoms with Gasteiger partial charge in [0.05, 0.1) is 19.8 Å². The molecule has 1 aliphatic carbocycles. The molecule has 0 spiro atoms. The molecular formula is C16H28N4O2S. The maximum Gasteiger partial charge on any atom is 0.202 e. The Balaban J connectivity index is 1.60. The Morgan fingerprint density at radius 3 is 2.78 bits per heavy atom. The summed E-state index contributed by atoms with van der Waals surface area (Å²) in [5.74, 6) is 0.878. The van der Waals surface area contributed by atoms with Crippen molar-refractivity contribution in [3.8, 4) is 0 Å². The number of morpholine rings is 1. The van der Waals surface area contributed by atoms with Crippen LogP contribution in [0.25, 0.3) is 0 Å². The van der Waals surface area contributed by atoms with Gasteiger partial charge in [0.2, 0.25) is 5.13 Å². The minimum Gasteiger partial charge on any atom is -0.384 e. The summed E-state index contributed by atoms with van der Waals surface area (Å²) >= 11 is 1.46. The average Bonchev–Trinajstić information content (AvgIpc) is 3.08. The van der Waals surface area contributed by atoms with Gasteiger partial charge in [-0.2, -0.15) is 4.37 Å². The van der Waals surface area contributed by atoms with Crippen molar-refractivity contribution in [2.24, 2.45) is 0 Å². The summed E-state index contributed by atoms with van der Waals surface area (Å²) < 4.78 is 15.0. The monoisotopic (exact) mass is 340 g/mol. The van der Waals surface area contributed by atoms with Gasteiger partial charge >= 0.3 is 0 Å². The van der Waals surface area contributed by atoms with Gasteiger partial charge in [0, 0.05) is 50.2 Å². The molecule has 6 nitrogen and oxygen atoms in total. The molecular weight excluding hydrogens is 312 g/mol. The van der Waals surface area contributed by atoms with Crippen LogP contribution in [0.3, 0.4) is 0 Å². The normalized spacial score (nSPS) is 22.1. The highest BCUT2D eigenvalue weighted by Crippen LogP contribution is 2.34. The SMILES string of the molecule is COCCc1nsc(NCC2(N3CCOCC3)CCCCC2)n1. The van der Waals surface area contributed by atoms with E-state index in [-0.39, 0.29) is 5.54 Å². The van der Waals surface area contributed by atoms with E-state index in [9.17, 15) is 0 Å². The van der Waals surface area contributed by atoms with E-state index in [1.807, 2.05) is 0 Å². The lowest BCUT2D eigenvalue weighted by atomic mass is 9.80. The van der Waals surface area contributed by atoms with Crippen molar-refractivity contribution in [2.45, 2.75) is 44.1 Å². The van der Waals surface area contributed by atoms with E-state index in [2.05, 4.69) is 19.6 Å². The van der Waals surface area contributed by atoms with E-state index in [0.29, 0.717) is 6.61 Å². The topological polar surface area (TPSA) is 59.5 Å². The molecule has 1 saturated heterocycles. The van der Waals surface area contributed by atoms with Crippen molar-refractivity contribution < 1.29 is 9.47 Å². The van der Waals surface area contributed by atoms with Crippen LogP contribution < -0.4 is 5.32 Å². The molecule has 1 aromatic heterocycles. The number of anilines is 1. The Morgan fingerprint density at radius 2 is 2.04 bits per heavy atom. The lowest BCUT2D eigenvalue weighted by Crippen LogP contribution is -2.57. The van der Waals surface area contributed by atoms with Crippen LogP contribution in [0, 0.1) is 0 Å². The van der Waals surface area contributed by atoms with Crippen LogP contribution >= 0.6 is 11.5 Å². The Labute approximate surface area is 142 Å². The van der Waals surface area contributed by atoms with Crippen LogP contribution in [0.1, 0.15) is 37.9 Å². The number of ether oxygens (including phenoxy) is 2. The second kappa shape index (κ2) is 8.37. The molecule has 1 aromatic rings. The molecule has 0 aromatic carbocycles. The standard InChI is InChI=1S/C16H28N4O2S/c1-21-10-5-14-18-15(23-19-14)17-13-16(6-3-2-4-7-16)20-8-11-22-12-9-20/h2-13H2,1H3,(H,17,18,19). The number of rotatable bonds is 7. The van der Waals surface area contributed by atoms with Gasteiger partial charge in [-0.25, -0.2) is 4.98 Å². The first-order valence-electron chi connectivity index (χ1n) is 8.71. The van der Waals surface area contributed by atoms with Crippen LogP contribution in [-0.2, 0) is 15.9 Å². The number of hydrogen-bond donors (Lipinski definition) is 1. The molecule has 130 valence electrons. The highest BCUT2D eigenvalue weighted by molar-refractivity contribution is 7.09. The third kappa shape index (κ3) is 4.41. The van der Waals surface area contributed by atoms with Gasteiger partial charge in [-0.3, -0.25) is 4.90 Å². The molecule has 0 bridgehead atoms. The first-order chi connectivity index (χ1) is 11.3. The third-order valence-electron chi connectivity index (χ3n) is 5.03. The fraction of sp³-hybridized carbons (Fsp3) is 0.875. The zero-order chi connectivity index (χ0) is 16.0. The maximum atomic E-state index is 5.54. The van der Waals surface area contributed by atoms with Crippen LogP contribution in [-0.4, -0.2) is 66.4 Å². The zero-order valence-corrected chi connectivity index (χ0v) is 14.9. The summed E-state index contributed by atoms with van der Waals surface area (Å²) in [6, 6.07) is 0. The molecule has 0 atom stereocenters. The Morgan fingerprint density at radius 1 is 1.26 bits per heavy atom. The summed E-state index contributed by atoms with van der Waals surface area (Å²) in [7, 11) is 1.71. The largest absolute Gasteiger partial charge is 0.384 e. The van der Waals surface area contributed by atoms with E-state index in [4.69, 9.17) is 9.47 Å². The van der Waals surface area contributed by atoms with Gasteiger partial charge in [-0.05, 0) is 12.8 Å². The van der Waals surface area contributed by atoms with Crippen molar-refractivity contribution in [2.75, 3.05) is 51.9 Å². The summed E-state index contributed by atoms with van der Waals surface area (Å²) in [6.07, 6.45) is 7.35. The molecule has 1 N–H and O–H groups in total.